The molecule has 0 aliphatic rings. The largest absolute Gasteiger partial charge is 0.376 e. The van der Waals surface area contributed by atoms with Gasteiger partial charge in [0.15, 0.2) is 0 Å². The summed E-state index contributed by atoms with van der Waals surface area (Å²) in [6.07, 6.45) is -2.95. The fourth-order valence-electron chi connectivity index (χ4n) is 1.39. The zero-order chi connectivity index (χ0) is 11.7. The van der Waals surface area contributed by atoms with Crippen LogP contribution in [-0.4, -0.2) is 28.5 Å². The molecule has 1 nitrogen and oxygen atoms in total. The highest BCUT2D eigenvalue weighted by Crippen LogP contribution is 2.41. The van der Waals surface area contributed by atoms with Crippen molar-refractivity contribution >= 4 is 67.3 Å². The Morgan fingerprint density at radius 3 is 1.14 bits per heavy atom. The molecule has 0 radical (unpaired) electrons. The van der Waals surface area contributed by atoms with E-state index in [0.29, 0.717) is 0 Å². The minimum Gasteiger partial charge on any atom is -0.295 e. The molecule has 14 heavy (non-hydrogen) atoms. The number of hydrogen-bond donors (Lipinski definition) is 0. The van der Waals surface area contributed by atoms with Gasteiger partial charge in [-0.15, -0.1) is 55.4 Å². The van der Waals surface area contributed by atoms with E-state index < -0.39 is 11.9 Å². The third kappa shape index (κ3) is 3.70. The zero-order valence-electron chi connectivity index (χ0n) is 8.49. The van der Waals surface area contributed by atoms with Crippen molar-refractivity contribution in [3.63, 3.8) is 0 Å². The van der Waals surface area contributed by atoms with Gasteiger partial charge in [-0.2, -0.15) is 0 Å². The van der Waals surface area contributed by atoms with Crippen molar-refractivity contribution in [2.75, 3.05) is 0 Å². The molecular formula is C6H14Cl5NSi2. The van der Waals surface area contributed by atoms with Crippen molar-refractivity contribution in [3.05, 3.63) is 0 Å². The predicted molar refractivity (Wildman–Crippen MR) is 72.9 cm³/mol. The Balaban J connectivity index is 5.01. The quantitative estimate of drug-likeness (QED) is 0.549. The van der Waals surface area contributed by atoms with Gasteiger partial charge >= 0.3 is 11.9 Å². The summed E-state index contributed by atoms with van der Waals surface area (Å²) >= 11 is 30.3. The average Bonchev–Trinajstić information content (AvgIpc) is 1.79. The molecule has 0 saturated heterocycles. The van der Waals surface area contributed by atoms with Gasteiger partial charge in [0.25, 0.3) is 0 Å². The topological polar surface area (TPSA) is 3.24 Å². The van der Waals surface area contributed by atoms with Crippen LogP contribution in [0.5, 0.6) is 0 Å². The van der Waals surface area contributed by atoms with E-state index in [4.69, 9.17) is 55.4 Å². The first-order valence-corrected chi connectivity index (χ1v) is 14.3. The first kappa shape index (κ1) is 15.8. The van der Waals surface area contributed by atoms with Crippen LogP contribution in [0, 0.1) is 0 Å². The summed E-state index contributed by atoms with van der Waals surface area (Å²) in [6.45, 7) is 7.99. The van der Waals surface area contributed by atoms with E-state index in [-0.39, 0.29) is 12.1 Å². The van der Waals surface area contributed by atoms with E-state index in [1.807, 2.05) is 32.3 Å². The van der Waals surface area contributed by atoms with E-state index >= 15 is 0 Å². The summed E-state index contributed by atoms with van der Waals surface area (Å²) in [5.74, 6) is 0. The van der Waals surface area contributed by atoms with Crippen molar-refractivity contribution in [2.45, 2.75) is 39.8 Å². The highest BCUT2D eigenvalue weighted by Gasteiger charge is 2.58. The van der Waals surface area contributed by atoms with Crippen LogP contribution in [0.2, 0.25) is 0 Å². The molecule has 0 atom stereocenters. The molecule has 8 heteroatoms. The Labute approximate surface area is 111 Å². The van der Waals surface area contributed by atoms with Crippen LogP contribution in [0.4, 0.5) is 0 Å². The predicted octanol–water partition coefficient (Wildman–Crippen LogP) is 4.26. The van der Waals surface area contributed by atoms with Crippen molar-refractivity contribution in [1.29, 1.82) is 0 Å². The molecule has 0 N–H and O–H groups in total. The first-order chi connectivity index (χ1) is 6.01. The Morgan fingerprint density at radius 1 is 0.786 bits per heavy atom. The van der Waals surface area contributed by atoms with Gasteiger partial charge in [0.1, 0.15) is 0 Å². The molecule has 0 aliphatic carbocycles. The lowest BCUT2D eigenvalue weighted by atomic mass is 10.3. The van der Waals surface area contributed by atoms with Crippen LogP contribution in [0.1, 0.15) is 27.7 Å². The average molecular weight is 334 g/mol. The molecule has 0 aromatic rings. The van der Waals surface area contributed by atoms with Gasteiger partial charge in [-0.05, 0) is 12.1 Å². The van der Waals surface area contributed by atoms with Crippen molar-refractivity contribution < 1.29 is 0 Å². The van der Waals surface area contributed by atoms with Gasteiger partial charge in [-0.1, -0.05) is 27.7 Å². The minimum absolute atomic E-state index is 0.180. The van der Waals surface area contributed by atoms with Gasteiger partial charge in [0, 0.05) is 0 Å². The molecule has 0 aliphatic heterocycles. The Kier molecular flexibility index (Phi) is 6.17. The number of hydrogen-bond acceptors (Lipinski definition) is 1. The van der Waals surface area contributed by atoms with Gasteiger partial charge < -0.3 is 0 Å². The van der Waals surface area contributed by atoms with Crippen LogP contribution < -0.4 is 0 Å². The molecule has 0 bridgehead atoms. The maximum Gasteiger partial charge on any atom is 0.376 e. The standard InChI is InChI=1S/C6H14Cl5NSi2/c1-5(2)12(6(3)4)14(10,11)13(7,8)9/h5-6H,1-4H3. The smallest absolute Gasteiger partial charge is 0.295 e. The van der Waals surface area contributed by atoms with E-state index in [2.05, 4.69) is 0 Å². The van der Waals surface area contributed by atoms with Gasteiger partial charge in [-0.25, -0.2) is 0 Å². The molecule has 0 fully saturated rings. The van der Waals surface area contributed by atoms with Gasteiger partial charge in [0.2, 0.25) is 0 Å². The zero-order valence-corrected chi connectivity index (χ0v) is 14.3. The molecule has 0 spiro atoms. The third-order valence-electron chi connectivity index (χ3n) is 1.78. The summed E-state index contributed by atoms with van der Waals surface area (Å²) in [7, 11) is 0. The summed E-state index contributed by atoms with van der Waals surface area (Å²) in [6, 6.07) is 0.361. The summed E-state index contributed by atoms with van der Waals surface area (Å²) in [4.78, 5) is 0. The molecule has 0 rings (SSSR count). The highest BCUT2D eigenvalue weighted by atomic mass is 35.9. The van der Waals surface area contributed by atoms with E-state index in [9.17, 15) is 0 Å². The van der Waals surface area contributed by atoms with E-state index in [0.717, 1.165) is 0 Å². The molecule has 0 unspecified atom stereocenters. The SMILES string of the molecule is CC(C)N(C(C)C)[Si](Cl)(Cl)[Si](Cl)(Cl)Cl. The fourth-order valence-corrected chi connectivity index (χ4v) is 10.4. The molecule has 0 saturated carbocycles. The second kappa shape index (κ2) is 5.45. The maximum atomic E-state index is 6.26. The second-order valence-corrected chi connectivity index (χ2v) is 26.1. The van der Waals surface area contributed by atoms with Crippen LogP contribution >= 0.6 is 55.4 Å². The molecule has 0 aromatic carbocycles. The van der Waals surface area contributed by atoms with E-state index in [1.165, 1.54) is 0 Å². The number of halogens is 5. The fraction of sp³-hybridized carbons (Fsp3) is 1.00. The normalized spacial score (nSPS) is 14.6. The van der Waals surface area contributed by atoms with Gasteiger partial charge in [-0.3, -0.25) is 4.57 Å². The molecule has 0 aromatic heterocycles. The van der Waals surface area contributed by atoms with Crippen LogP contribution in [-0.2, 0) is 0 Å². The van der Waals surface area contributed by atoms with Crippen molar-refractivity contribution in [3.8, 4) is 0 Å². The minimum atomic E-state index is -3.06. The van der Waals surface area contributed by atoms with Crippen LogP contribution in [0.25, 0.3) is 0 Å². The lowest BCUT2D eigenvalue weighted by Crippen LogP contribution is -2.62. The summed E-state index contributed by atoms with van der Waals surface area (Å²) in [5.41, 5.74) is -3.06. The van der Waals surface area contributed by atoms with Crippen LogP contribution in [0.15, 0.2) is 0 Å². The first-order valence-electron chi connectivity index (χ1n) is 4.24. The van der Waals surface area contributed by atoms with Crippen molar-refractivity contribution in [1.82, 2.24) is 4.57 Å². The number of nitrogens with zero attached hydrogens (tertiary/aromatic N) is 1. The summed E-state index contributed by atoms with van der Waals surface area (Å²) < 4.78 is 1.94. The van der Waals surface area contributed by atoms with Crippen LogP contribution in [0.3, 0.4) is 0 Å². The molecule has 0 amide bonds. The Morgan fingerprint density at radius 2 is 1.07 bits per heavy atom. The molecule has 0 heterocycles. The van der Waals surface area contributed by atoms with Gasteiger partial charge in [0.05, 0.1) is 0 Å². The highest BCUT2D eigenvalue weighted by molar-refractivity contribution is 8.01. The summed E-state index contributed by atoms with van der Waals surface area (Å²) in [5, 5.41) is 0. The number of rotatable bonds is 4. The Hall–Kier alpha value is 1.84. The Bertz CT molecular complexity index is 183. The third-order valence-corrected chi connectivity index (χ3v) is 25.8. The maximum absolute atomic E-state index is 6.26. The molecule has 86 valence electrons. The second-order valence-electron chi connectivity index (χ2n) is 3.63. The molecular weight excluding hydrogens is 320 g/mol. The van der Waals surface area contributed by atoms with Crippen molar-refractivity contribution in [2.24, 2.45) is 0 Å². The van der Waals surface area contributed by atoms with E-state index in [1.54, 1.807) is 0 Å². The lowest BCUT2D eigenvalue weighted by molar-refractivity contribution is 0.311. The monoisotopic (exact) mass is 331 g/mol. The lowest BCUT2D eigenvalue weighted by Gasteiger charge is -2.41.